The molecular formula is C15H24N4O3S. The zero-order valence-corrected chi connectivity index (χ0v) is 14.5. The summed E-state index contributed by atoms with van der Waals surface area (Å²) >= 11 is 0. The highest BCUT2D eigenvalue weighted by Crippen LogP contribution is 2.34. The van der Waals surface area contributed by atoms with Gasteiger partial charge in [0.2, 0.25) is 10.0 Å². The van der Waals surface area contributed by atoms with E-state index < -0.39 is 10.0 Å². The summed E-state index contributed by atoms with van der Waals surface area (Å²) < 4.78 is 31.3. The van der Waals surface area contributed by atoms with E-state index in [1.54, 1.807) is 4.31 Å². The van der Waals surface area contributed by atoms with Gasteiger partial charge in [0, 0.05) is 31.6 Å². The van der Waals surface area contributed by atoms with Crippen LogP contribution in [0, 0.1) is 12.3 Å². The summed E-state index contributed by atoms with van der Waals surface area (Å²) in [7, 11) is -3.17. The topological polar surface area (TPSA) is 75.6 Å². The van der Waals surface area contributed by atoms with Gasteiger partial charge >= 0.3 is 0 Å². The highest BCUT2D eigenvalue weighted by Gasteiger charge is 2.41. The predicted octanol–water partition coefficient (Wildman–Crippen LogP) is 0.663. The monoisotopic (exact) mass is 340 g/mol. The Morgan fingerprint density at radius 1 is 1.22 bits per heavy atom. The highest BCUT2D eigenvalue weighted by molar-refractivity contribution is 7.88. The third kappa shape index (κ3) is 3.81. The SMILES string of the molecule is Cc1ccc(N2CCOC[C@]3(CCCN(S(C)(=O)=O)C3)C2)nn1. The molecule has 3 rings (SSSR count). The molecule has 0 amide bonds. The second-order valence-corrected chi connectivity index (χ2v) is 8.69. The third-order valence-corrected chi connectivity index (χ3v) is 5.89. The summed E-state index contributed by atoms with van der Waals surface area (Å²) in [5.74, 6) is 0.831. The van der Waals surface area contributed by atoms with Gasteiger partial charge in [-0.05, 0) is 31.9 Å². The maximum Gasteiger partial charge on any atom is 0.211 e. The second kappa shape index (κ2) is 6.33. The zero-order chi connectivity index (χ0) is 16.5. The predicted molar refractivity (Wildman–Crippen MR) is 87.9 cm³/mol. The summed E-state index contributed by atoms with van der Waals surface area (Å²) in [4.78, 5) is 2.17. The van der Waals surface area contributed by atoms with E-state index in [-0.39, 0.29) is 5.41 Å². The fourth-order valence-corrected chi connectivity index (χ4v) is 4.41. The molecule has 1 aromatic rings. The lowest BCUT2D eigenvalue weighted by molar-refractivity contribution is 0.0352. The van der Waals surface area contributed by atoms with E-state index in [0.29, 0.717) is 26.3 Å². The fourth-order valence-electron chi connectivity index (χ4n) is 3.44. The molecule has 128 valence electrons. The van der Waals surface area contributed by atoms with Gasteiger partial charge in [-0.1, -0.05) is 0 Å². The highest BCUT2D eigenvalue weighted by atomic mass is 32.2. The van der Waals surface area contributed by atoms with E-state index in [9.17, 15) is 8.42 Å². The van der Waals surface area contributed by atoms with Crippen molar-refractivity contribution < 1.29 is 13.2 Å². The maximum atomic E-state index is 11.9. The van der Waals surface area contributed by atoms with Gasteiger partial charge in [0.1, 0.15) is 0 Å². The number of ether oxygens (including phenoxy) is 1. The Hall–Kier alpha value is -1.25. The maximum absolute atomic E-state index is 11.9. The number of anilines is 1. The first-order valence-electron chi connectivity index (χ1n) is 7.96. The summed E-state index contributed by atoms with van der Waals surface area (Å²) in [6.07, 6.45) is 3.12. The van der Waals surface area contributed by atoms with Gasteiger partial charge in [-0.2, -0.15) is 5.10 Å². The number of aryl methyl sites for hydroxylation is 1. The summed E-state index contributed by atoms with van der Waals surface area (Å²) in [5, 5.41) is 8.41. The molecule has 1 spiro atoms. The molecule has 0 aromatic carbocycles. The van der Waals surface area contributed by atoms with Crippen LogP contribution in [0.4, 0.5) is 5.82 Å². The van der Waals surface area contributed by atoms with Crippen LogP contribution >= 0.6 is 0 Å². The second-order valence-electron chi connectivity index (χ2n) is 6.71. The smallest absolute Gasteiger partial charge is 0.211 e. The molecule has 0 aliphatic carbocycles. The van der Waals surface area contributed by atoms with E-state index >= 15 is 0 Å². The number of hydrogen-bond acceptors (Lipinski definition) is 6. The Bertz CT molecular complexity index is 649. The molecule has 23 heavy (non-hydrogen) atoms. The zero-order valence-electron chi connectivity index (χ0n) is 13.7. The molecule has 1 atom stereocenters. The molecule has 0 N–H and O–H groups in total. The van der Waals surface area contributed by atoms with Crippen LogP contribution in [0.2, 0.25) is 0 Å². The van der Waals surface area contributed by atoms with E-state index in [1.165, 1.54) is 6.26 Å². The molecule has 0 unspecified atom stereocenters. The van der Waals surface area contributed by atoms with Crippen molar-refractivity contribution in [2.45, 2.75) is 19.8 Å². The van der Waals surface area contributed by atoms with Crippen molar-refractivity contribution >= 4 is 15.8 Å². The van der Waals surface area contributed by atoms with Crippen molar-refractivity contribution in [3.8, 4) is 0 Å². The minimum atomic E-state index is -3.17. The van der Waals surface area contributed by atoms with Gasteiger partial charge < -0.3 is 9.64 Å². The molecule has 2 aliphatic rings. The van der Waals surface area contributed by atoms with Crippen LogP contribution in [0.15, 0.2) is 12.1 Å². The Morgan fingerprint density at radius 3 is 2.74 bits per heavy atom. The van der Waals surface area contributed by atoms with Crippen LogP contribution in [-0.4, -0.2) is 68.6 Å². The normalized spacial score (nSPS) is 27.1. The molecule has 1 aromatic heterocycles. The van der Waals surface area contributed by atoms with Gasteiger partial charge in [0.05, 0.1) is 25.2 Å². The minimum Gasteiger partial charge on any atom is -0.379 e. The average molecular weight is 340 g/mol. The first-order valence-corrected chi connectivity index (χ1v) is 9.81. The van der Waals surface area contributed by atoms with Crippen LogP contribution in [0.5, 0.6) is 0 Å². The van der Waals surface area contributed by atoms with Gasteiger partial charge in [0.15, 0.2) is 5.82 Å². The molecule has 0 saturated carbocycles. The molecule has 7 nitrogen and oxygen atoms in total. The molecule has 0 radical (unpaired) electrons. The van der Waals surface area contributed by atoms with Gasteiger partial charge in [-0.25, -0.2) is 12.7 Å². The number of nitrogens with zero attached hydrogens (tertiary/aromatic N) is 4. The van der Waals surface area contributed by atoms with E-state index in [0.717, 1.165) is 37.4 Å². The van der Waals surface area contributed by atoms with Crippen molar-refractivity contribution in [1.29, 1.82) is 0 Å². The van der Waals surface area contributed by atoms with Crippen LogP contribution < -0.4 is 4.90 Å². The minimum absolute atomic E-state index is 0.176. The lowest BCUT2D eigenvalue weighted by Crippen LogP contribution is -2.52. The molecule has 2 aliphatic heterocycles. The van der Waals surface area contributed by atoms with Gasteiger partial charge in [-0.3, -0.25) is 0 Å². The molecule has 2 saturated heterocycles. The Labute approximate surface area is 137 Å². The number of sulfonamides is 1. The van der Waals surface area contributed by atoms with Crippen molar-refractivity contribution in [3.63, 3.8) is 0 Å². The molecule has 0 bridgehead atoms. The largest absolute Gasteiger partial charge is 0.379 e. The molecule has 3 heterocycles. The van der Waals surface area contributed by atoms with Crippen molar-refractivity contribution in [2.75, 3.05) is 50.5 Å². The third-order valence-electron chi connectivity index (χ3n) is 4.64. The van der Waals surface area contributed by atoms with Crippen molar-refractivity contribution in [2.24, 2.45) is 5.41 Å². The van der Waals surface area contributed by atoms with Crippen LogP contribution in [0.25, 0.3) is 0 Å². The molecular weight excluding hydrogens is 316 g/mol. The fraction of sp³-hybridized carbons (Fsp3) is 0.733. The lowest BCUT2D eigenvalue weighted by atomic mass is 9.81. The van der Waals surface area contributed by atoms with E-state index in [2.05, 4.69) is 15.1 Å². The van der Waals surface area contributed by atoms with E-state index in [1.807, 2.05) is 19.1 Å². The average Bonchev–Trinajstić information content (AvgIpc) is 2.70. The first-order chi connectivity index (χ1) is 10.9. The summed E-state index contributed by atoms with van der Waals surface area (Å²) in [6, 6.07) is 3.92. The Balaban J connectivity index is 1.82. The molecule has 2 fully saturated rings. The first kappa shape index (κ1) is 16.6. The number of hydrogen-bond donors (Lipinski definition) is 0. The van der Waals surface area contributed by atoms with Crippen molar-refractivity contribution in [1.82, 2.24) is 14.5 Å². The quantitative estimate of drug-likeness (QED) is 0.787. The van der Waals surface area contributed by atoms with Crippen LogP contribution in [0.1, 0.15) is 18.5 Å². The van der Waals surface area contributed by atoms with Crippen LogP contribution in [0.3, 0.4) is 0 Å². The lowest BCUT2D eigenvalue weighted by Gasteiger charge is -2.42. The van der Waals surface area contributed by atoms with E-state index in [4.69, 9.17) is 4.74 Å². The van der Waals surface area contributed by atoms with Gasteiger partial charge in [0.25, 0.3) is 0 Å². The van der Waals surface area contributed by atoms with Gasteiger partial charge in [-0.15, -0.1) is 5.10 Å². The van der Waals surface area contributed by atoms with Crippen molar-refractivity contribution in [3.05, 3.63) is 17.8 Å². The van der Waals surface area contributed by atoms with Crippen LogP contribution in [-0.2, 0) is 14.8 Å². The number of piperidine rings is 1. The Morgan fingerprint density at radius 2 is 2.04 bits per heavy atom. The standard InChI is InChI=1S/C15H24N4O3S/c1-13-4-5-14(17-16-13)18-8-9-22-12-15(10-18)6-3-7-19(11-15)23(2,20)21/h4-5H,3,6-12H2,1-2H3/t15-/m1/s1. The number of aromatic nitrogens is 2. The molecule has 8 heteroatoms. The Kier molecular flexibility index (Phi) is 4.57. The number of rotatable bonds is 2. The summed E-state index contributed by atoms with van der Waals surface area (Å²) in [5.41, 5.74) is 0.708. The summed E-state index contributed by atoms with van der Waals surface area (Å²) in [6.45, 7) is 5.74.